The Bertz CT molecular complexity index is 1170. The van der Waals surface area contributed by atoms with Crippen molar-refractivity contribution in [2.24, 2.45) is 7.05 Å². The Morgan fingerprint density at radius 1 is 1.27 bits per heavy atom. The summed E-state index contributed by atoms with van der Waals surface area (Å²) >= 11 is 0. The first-order chi connectivity index (χ1) is 15.8. The van der Waals surface area contributed by atoms with E-state index < -0.39 is 0 Å². The molecule has 0 fully saturated rings. The Hall–Kier alpha value is -3.78. The number of carbonyl (C=O) groups excluding carboxylic acids is 1. The molecule has 174 valence electrons. The number of esters is 1. The van der Waals surface area contributed by atoms with Gasteiger partial charge in [-0.05, 0) is 50.8 Å². The number of hydrogen-bond donors (Lipinski definition) is 1. The van der Waals surface area contributed by atoms with E-state index in [-0.39, 0.29) is 17.6 Å². The first-order valence-electron chi connectivity index (χ1n) is 10.5. The van der Waals surface area contributed by atoms with Gasteiger partial charge in [-0.3, -0.25) is 9.78 Å². The van der Waals surface area contributed by atoms with Crippen LogP contribution in [-0.2, 0) is 11.8 Å². The monoisotopic (exact) mass is 449 g/mol. The maximum Gasteiger partial charge on any atom is 0.337 e. The normalized spacial score (nSPS) is 11.7. The van der Waals surface area contributed by atoms with Crippen molar-refractivity contribution in [3.05, 3.63) is 88.9 Å². The van der Waals surface area contributed by atoms with Crippen LogP contribution in [0.4, 0.5) is 5.82 Å². The number of nitrogens with one attached hydrogen (secondary N) is 1. The number of likely N-dealkylation sites (N-methyl/N-ethyl adjacent to an activating group) is 1. The van der Waals surface area contributed by atoms with Crippen LogP contribution in [0.15, 0.2) is 72.2 Å². The minimum absolute atomic E-state index is 0.0180. The van der Waals surface area contributed by atoms with Crippen molar-refractivity contribution in [2.45, 2.75) is 13.0 Å². The van der Waals surface area contributed by atoms with Gasteiger partial charge < -0.3 is 15.0 Å². The van der Waals surface area contributed by atoms with E-state index in [1.807, 2.05) is 45.3 Å². The van der Waals surface area contributed by atoms with E-state index >= 15 is 0 Å². The van der Waals surface area contributed by atoms with Crippen LogP contribution < -0.4 is 10.9 Å². The van der Waals surface area contributed by atoms with Crippen LogP contribution in [-0.4, -0.2) is 53.4 Å². The van der Waals surface area contributed by atoms with Crippen LogP contribution >= 0.6 is 0 Å². The fourth-order valence-corrected chi connectivity index (χ4v) is 3.19. The summed E-state index contributed by atoms with van der Waals surface area (Å²) in [6.07, 6.45) is 7.22. The third-order valence-corrected chi connectivity index (χ3v) is 4.94. The van der Waals surface area contributed by atoms with Crippen molar-refractivity contribution in [2.75, 3.05) is 33.1 Å². The fourth-order valence-electron chi connectivity index (χ4n) is 3.19. The summed E-state index contributed by atoms with van der Waals surface area (Å²) in [4.78, 5) is 30.3. The number of nitrogens with zero attached hydrogens (tertiary/aromatic N) is 4. The van der Waals surface area contributed by atoms with Crippen LogP contribution in [0.25, 0.3) is 10.9 Å². The van der Waals surface area contributed by atoms with Crippen molar-refractivity contribution in [1.29, 1.82) is 0 Å². The highest BCUT2D eigenvalue weighted by molar-refractivity contribution is 5.89. The molecule has 1 unspecified atom stereocenters. The molecule has 0 bridgehead atoms. The summed E-state index contributed by atoms with van der Waals surface area (Å²) < 4.78 is 6.05. The number of fused-ring (bicyclic) bond motifs is 1. The minimum Gasteiger partial charge on any atom is -0.465 e. The van der Waals surface area contributed by atoms with Gasteiger partial charge in [-0.15, -0.1) is 0 Å². The number of allylic oxidation sites excluding steroid dienone is 3. The molecule has 1 N–H and O–H groups in total. The molecule has 33 heavy (non-hydrogen) atoms. The van der Waals surface area contributed by atoms with Crippen LogP contribution in [0.3, 0.4) is 0 Å². The maximum absolute atomic E-state index is 12.2. The highest BCUT2D eigenvalue weighted by Crippen LogP contribution is 2.21. The molecular weight excluding hydrogens is 418 g/mol. The Morgan fingerprint density at radius 3 is 2.52 bits per heavy atom. The summed E-state index contributed by atoms with van der Waals surface area (Å²) in [7, 11) is 6.94. The van der Waals surface area contributed by atoms with Gasteiger partial charge in [-0.1, -0.05) is 36.9 Å². The number of ether oxygens (including phenoxy) is 1. The minimum atomic E-state index is -0.363. The lowest BCUT2D eigenvalue weighted by atomic mass is 10.0. The molecule has 1 atom stereocenters. The molecule has 0 spiro atoms. The van der Waals surface area contributed by atoms with Gasteiger partial charge in [0.1, 0.15) is 5.52 Å². The number of rotatable bonds is 7. The van der Waals surface area contributed by atoms with Gasteiger partial charge in [0, 0.05) is 19.8 Å². The molecule has 3 rings (SSSR count). The quantitative estimate of drug-likeness (QED) is 0.436. The molecule has 2 heterocycles. The molecule has 0 aliphatic carbocycles. The largest absolute Gasteiger partial charge is 0.465 e. The molecule has 0 saturated heterocycles. The first kappa shape index (κ1) is 25.5. The van der Waals surface area contributed by atoms with Crippen molar-refractivity contribution in [3.8, 4) is 0 Å². The van der Waals surface area contributed by atoms with E-state index in [1.54, 1.807) is 43.6 Å². The lowest BCUT2D eigenvalue weighted by Gasteiger charge is -2.25. The van der Waals surface area contributed by atoms with E-state index in [0.717, 1.165) is 5.56 Å². The number of hydrogen-bond acceptors (Lipinski definition) is 7. The molecule has 0 amide bonds. The smallest absolute Gasteiger partial charge is 0.337 e. The van der Waals surface area contributed by atoms with Crippen LogP contribution in [0.5, 0.6) is 0 Å². The number of aromatic nitrogens is 3. The summed E-state index contributed by atoms with van der Waals surface area (Å²) in [5.41, 5.74) is 1.90. The predicted octanol–water partition coefficient (Wildman–Crippen LogP) is 3.58. The number of carbonyl (C=O) groups is 1. The average molecular weight is 450 g/mol. The third kappa shape index (κ3) is 6.60. The molecule has 0 saturated carbocycles. The highest BCUT2D eigenvalue weighted by Gasteiger charge is 2.17. The molecule has 8 heteroatoms. The second kappa shape index (κ2) is 12.3. The molecule has 3 aromatic rings. The molecular formula is C25H31N5O3. The number of pyridine rings is 1. The van der Waals surface area contributed by atoms with Gasteiger partial charge in [0.15, 0.2) is 5.82 Å². The van der Waals surface area contributed by atoms with Crippen LogP contribution in [0.2, 0.25) is 0 Å². The van der Waals surface area contributed by atoms with Gasteiger partial charge in [0.25, 0.3) is 5.56 Å². The SMILES string of the molecule is C=C/C=C/C.COC(=O)c1ccc(C(CNc2nn(C)c(=O)c3cccnc23)N(C)C)cc1. The zero-order valence-electron chi connectivity index (χ0n) is 19.8. The molecule has 8 nitrogen and oxygen atoms in total. The van der Waals surface area contributed by atoms with Crippen LogP contribution in [0.1, 0.15) is 28.9 Å². The zero-order valence-corrected chi connectivity index (χ0v) is 19.8. The van der Waals surface area contributed by atoms with E-state index in [0.29, 0.717) is 28.8 Å². The summed E-state index contributed by atoms with van der Waals surface area (Å²) in [6.45, 7) is 5.97. The van der Waals surface area contributed by atoms with Crippen molar-refractivity contribution in [1.82, 2.24) is 19.7 Å². The predicted molar refractivity (Wildman–Crippen MR) is 132 cm³/mol. The lowest BCUT2D eigenvalue weighted by Crippen LogP contribution is -2.28. The molecule has 0 radical (unpaired) electrons. The van der Waals surface area contributed by atoms with Gasteiger partial charge in [0.2, 0.25) is 0 Å². The molecule has 0 aliphatic rings. The Balaban J connectivity index is 0.000000696. The maximum atomic E-state index is 12.2. The second-order valence-corrected chi connectivity index (χ2v) is 7.41. The number of aryl methyl sites for hydroxylation is 1. The van der Waals surface area contributed by atoms with Crippen LogP contribution in [0, 0.1) is 0 Å². The van der Waals surface area contributed by atoms with Gasteiger partial charge >= 0.3 is 5.97 Å². The van der Waals surface area contributed by atoms with E-state index in [4.69, 9.17) is 4.74 Å². The van der Waals surface area contributed by atoms with E-state index in [1.165, 1.54) is 11.8 Å². The molecule has 0 aliphatic heterocycles. The number of anilines is 1. The van der Waals surface area contributed by atoms with E-state index in [2.05, 4.69) is 26.9 Å². The van der Waals surface area contributed by atoms with Crippen molar-refractivity contribution < 1.29 is 9.53 Å². The standard InChI is InChI=1S/C20H23N5O3.C5H8/c1-24(2)16(13-7-9-14(10-8-13)20(27)28-4)12-22-18-17-15(6-5-11-21-17)19(26)25(3)23-18;1-3-5-4-2/h5-11,16H,12H2,1-4H3,(H,22,23);3-5H,1H2,2H3/b;5-4+. The number of benzene rings is 1. The summed E-state index contributed by atoms with van der Waals surface area (Å²) in [5.74, 6) is 0.189. The van der Waals surface area contributed by atoms with Gasteiger partial charge in [0.05, 0.1) is 24.1 Å². The molecule has 1 aromatic carbocycles. The first-order valence-corrected chi connectivity index (χ1v) is 10.5. The lowest BCUT2D eigenvalue weighted by molar-refractivity contribution is 0.0600. The summed E-state index contributed by atoms with van der Waals surface area (Å²) in [5, 5.41) is 8.16. The van der Waals surface area contributed by atoms with Gasteiger partial charge in [-0.2, -0.15) is 5.10 Å². The van der Waals surface area contributed by atoms with Crippen molar-refractivity contribution in [3.63, 3.8) is 0 Å². The summed E-state index contributed by atoms with van der Waals surface area (Å²) in [6, 6.07) is 10.8. The second-order valence-electron chi connectivity index (χ2n) is 7.41. The third-order valence-electron chi connectivity index (χ3n) is 4.94. The molecule has 2 aromatic heterocycles. The number of methoxy groups -OCH3 is 1. The highest BCUT2D eigenvalue weighted by atomic mass is 16.5. The Labute approximate surface area is 194 Å². The Kier molecular flexibility index (Phi) is 9.50. The van der Waals surface area contributed by atoms with E-state index in [9.17, 15) is 9.59 Å². The fraction of sp³-hybridized carbons (Fsp3) is 0.280. The Morgan fingerprint density at radius 2 is 1.97 bits per heavy atom. The van der Waals surface area contributed by atoms with Crippen molar-refractivity contribution >= 4 is 22.7 Å². The average Bonchev–Trinajstić information content (AvgIpc) is 2.83. The topological polar surface area (TPSA) is 89.3 Å². The zero-order chi connectivity index (χ0) is 24.4. The van der Waals surface area contributed by atoms with Gasteiger partial charge in [-0.25, -0.2) is 9.48 Å².